The molecule has 0 fully saturated rings. The van der Waals surface area contributed by atoms with Crippen LogP contribution in [0.2, 0.25) is 0 Å². The van der Waals surface area contributed by atoms with Crippen LogP contribution in [0.3, 0.4) is 0 Å². The molecule has 5 heteroatoms. The zero-order chi connectivity index (χ0) is 15.3. The van der Waals surface area contributed by atoms with Gasteiger partial charge in [-0.3, -0.25) is 0 Å². The summed E-state index contributed by atoms with van der Waals surface area (Å²) in [5.74, 6) is 0.941. The van der Waals surface area contributed by atoms with E-state index in [9.17, 15) is 5.11 Å². The Morgan fingerprint density at radius 3 is 3.00 bits per heavy atom. The maximum Gasteiger partial charge on any atom is 0.133 e. The summed E-state index contributed by atoms with van der Waals surface area (Å²) in [6.45, 7) is 3.84. The standard InChI is InChI=1S/C17H17N3OS/c1-3-17(2,21)12-4-5-13-11(8-12)9-16(19-13)20-14-6-7-22-15(14)10-18-20/h4-10,19,21H,3H2,1-2H3. The summed E-state index contributed by atoms with van der Waals surface area (Å²) in [5.41, 5.74) is 2.30. The van der Waals surface area contributed by atoms with Gasteiger partial charge < -0.3 is 10.1 Å². The van der Waals surface area contributed by atoms with E-state index in [0.29, 0.717) is 6.42 Å². The van der Waals surface area contributed by atoms with Gasteiger partial charge in [0.05, 0.1) is 22.0 Å². The number of aromatic nitrogens is 3. The van der Waals surface area contributed by atoms with Crippen LogP contribution in [0, 0.1) is 0 Å². The summed E-state index contributed by atoms with van der Waals surface area (Å²) >= 11 is 1.69. The van der Waals surface area contributed by atoms with E-state index in [1.54, 1.807) is 11.3 Å². The number of hydrogen-bond donors (Lipinski definition) is 2. The van der Waals surface area contributed by atoms with Gasteiger partial charge in [0.1, 0.15) is 5.82 Å². The summed E-state index contributed by atoms with van der Waals surface area (Å²) in [5, 5.41) is 18.0. The van der Waals surface area contributed by atoms with Crippen LogP contribution in [-0.2, 0) is 5.60 Å². The molecule has 0 aliphatic heterocycles. The molecule has 1 atom stereocenters. The predicted octanol–water partition coefficient (Wildman–Crippen LogP) is 4.19. The summed E-state index contributed by atoms with van der Waals surface area (Å²) in [6, 6.07) is 10.2. The van der Waals surface area contributed by atoms with Crippen molar-refractivity contribution >= 4 is 32.5 Å². The third-order valence-electron chi connectivity index (χ3n) is 4.34. The minimum Gasteiger partial charge on any atom is -0.385 e. The smallest absolute Gasteiger partial charge is 0.133 e. The topological polar surface area (TPSA) is 53.8 Å². The minimum absolute atomic E-state index is 0.685. The summed E-state index contributed by atoms with van der Waals surface area (Å²) in [4.78, 5) is 3.40. The van der Waals surface area contributed by atoms with Crippen LogP contribution in [0.25, 0.3) is 26.9 Å². The maximum absolute atomic E-state index is 10.4. The van der Waals surface area contributed by atoms with E-state index >= 15 is 0 Å². The van der Waals surface area contributed by atoms with Crippen LogP contribution in [0.4, 0.5) is 0 Å². The molecule has 0 saturated carbocycles. The second kappa shape index (κ2) is 4.69. The Morgan fingerprint density at radius 1 is 1.32 bits per heavy atom. The molecule has 0 aliphatic rings. The summed E-state index contributed by atoms with van der Waals surface area (Å²) in [7, 11) is 0. The summed E-state index contributed by atoms with van der Waals surface area (Å²) in [6.07, 6.45) is 2.57. The molecule has 1 aromatic carbocycles. The van der Waals surface area contributed by atoms with Crippen molar-refractivity contribution in [3.8, 4) is 5.82 Å². The van der Waals surface area contributed by atoms with Crippen LogP contribution >= 0.6 is 11.3 Å². The van der Waals surface area contributed by atoms with Crippen molar-refractivity contribution in [1.82, 2.24) is 14.8 Å². The molecule has 3 heterocycles. The Balaban J connectivity index is 1.86. The number of fused-ring (bicyclic) bond motifs is 2. The lowest BCUT2D eigenvalue weighted by Gasteiger charge is -2.21. The van der Waals surface area contributed by atoms with Gasteiger partial charge in [-0.15, -0.1) is 11.3 Å². The zero-order valence-electron chi connectivity index (χ0n) is 12.5. The Hall–Kier alpha value is -2.11. The monoisotopic (exact) mass is 311 g/mol. The van der Waals surface area contributed by atoms with Crippen molar-refractivity contribution < 1.29 is 5.11 Å². The molecule has 0 bridgehead atoms. The Bertz CT molecular complexity index is 961. The molecular weight excluding hydrogens is 294 g/mol. The molecule has 0 amide bonds. The highest BCUT2D eigenvalue weighted by molar-refractivity contribution is 7.17. The minimum atomic E-state index is -0.794. The quantitative estimate of drug-likeness (QED) is 0.596. The van der Waals surface area contributed by atoms with Gasteiger partial charge >= 0.3 is 0 Å². The largest absolute Gasteiger partial charge is 0.385 e. The van der Waals surface area contributed by atoms with Gasteiger partial charge in [0, 0.05) is 10.9 Å². The molecule has 0 aliphatic carbocycles. The number of nitrogens with zero attached hydrogens (tertiary/aromatic N) is 2. The van der Waals surface area contributed by atoms with Crippen molar-refractivity contribution in [2.75, 3.05) is 0 Å². The molecule has 0 saturated heterocycles. The van der Waals surface area contributed by atoms with E-state index < -0.39 is 5.60 Å². The van der Waals surface area contributed by atoms with Crippen molar-refractivity contribution in [2.24, 2.45) is 0 Å². The molecule has 1 unspecified atom stereocenters. The molecular formula is C17H17N3OS. The van der Waals surface area contributed by atoms with Crippen LogP contribution in [0.1, 0.15) is 25.8 Å². The first-order chi connectivity index (χ1) is 10.6. The van der Waals surface area contributed by atoms with Crippen molar-refractivity contribution in [3.05, 3.63) is 47.5 Å². The van der Waals surface area contributed by atoms with E-state index in [4.69, 9.17) is 0 Å². The van der Waals surface area contributed by atoms with Crippen molar-refractivity contribution in [3.63, 3.8) is 0 Å². The van der Waals surface area contributed by atoms with Gasteiger partial charge in [-0.1, -0.05) is 13.0 Å². The average molecular weight is 311 g/mol. The number of benzene rings is 1. The molecule has 4 nitrogen and oxygen atoms in total. The molecule has 0 radical (unpaired) electrons. The van der Waals surface area contributed by atoms with Gasteiger partial charge in [0.2, 0.25) is 0 Å². The molecule has 0 spiro atoms. The van der Waals surface area contributed by atoms with Crippen LogP contribution in [-0.4, -0.2) is 19.9 Å². The second-order valence-corrected chi connectivity index (χ2v) is 6.76. The lowest BCUT2D eigenvalue weighted by atomic mass is 9.93. The number of hydrogen-bond acceptors (Lipinski definition) is 3. The van der Waals surface area contributed by atoms with E-state index in [2.05, 4.69) is 27.6 Å². The van der Waals surface area contributed by atoms with Gasteiger partial charge in [-0.05, 0) is 48.6 Å². The highest BCUT2D eigenvalue weighted by Crippen LogP contribution is 2.29. The molecule has 2 N–H and O–H groups in total. The van der Waals surface area contributed by atoms with Crippen LogP contribution < -0.4 is 0 Å². The van der Waals surface area contributed by atoms with Gasteiger partial charge in [-0.2, -0.15) is 5.10 Å². The Labute approximate surface area is 132 Å². The van der Waals surface area contributed by atoms with E-state index in [0.717, 1.165) is 27.8 Å². The van der Waals surface area contributed by atoms with E-state index in [-0.39, 0.29) is 0 Å². The fourth-order valence-corrected chi connectivity index (χ4v) is 3.45. The second-order valence-electron chi connectivity index (χ2n) is 5.81. The number of aliphatic hydroxyl groups is 1. The first-order valence-electron chi connectivity index (χ1n) is 7.36. The predicted molar refractivity (Wildman–Crippen MR) is 90.7 cm³/mol. The Morgan fingerprint density at radius 2 is 2.18 bits per heavy atom. The van der Waals surface area contributed by atoms with E-state index in [1.165, 1.54) is 4.70 Å². The normalized spacial score (nSPS) is 14.7. The van der Waals surface area contributed by atoms with Crippen molar-refractivity contribution in [1.29, 1.82) is 0 Å². The highest BCUT2D eigenvalue weighted by atomic mass is 32.1. The number of H-pyrrole nitrogens is 1. The van der Waals surface area contributed by atoms with Gasteiger partial charge in [0.25, 0.3) is 0 Å². The van der Waals surface area contributed by atoms with Gasteiger partial charge in [0.15, 0.2) is 0 Å². The van der Waals surface area contributed by atoms with E-state index in [1.807, 2.05) is 42.9 Å². The lowest BCUT2D eigenvalue weighted by molar-refractivity contribution is 0.0532. The summed E-state index contributed by atoms with van der Waals surface area (Å²) < 4.78 is 3.09. The third kappa shape index (κ3) is 1.97. The number of thiophene rings is 1. The van der Waals surface area contributed by atoms with Crippen molar-refractivity contribution in [2.45, 2.75) is 25.9 Å². The molecule has 112 valence electrons. The zero-order valence-corrected chi connectivity index (χ0v) is 13.3. The lowest BCUT2D eigenvalue weighted by Crippen LogP contribution is -2.19. The molecule has 3 aromatic heterocycles. The SMILES string of the molecule is CCC(C)(O)c1ccc2[nH]c(-n3ncc4sccc43)cc2c1. The molecule has 22 heavy (non-hydrogen) atoms. The first kappa shape index (κ1) is 13.5. The molecule has 4 aromatic rings. The number of nitrogens with one attached hydrogen (secondary N) is 1. The first-order valence-corrected chi connectivity index (χ1v) is 8.24. The number of rotatable bonds is 3. The average Bonchev–Trinajstić information content (AvgIpc) is 3.20. The van der Waals surface area contributed by atoms with Crippen LogP contribution in [0.5, 0.6) is 0 Å². The van der Waals surface area contributed by atoms with Crippen LogP contribution in [0.15, 0.2) is 41.9 Å². The Kier molecular flexibility index (Phi) is 2.89. The third-order valence-corrected chi connectivity index (χ3v) is 5.18. The maximum atomic E-state index is 10.4. The fraction of sp³-hybridized carbons (Fsp3) is 0.235. The van der Waals surface area contributed by atoms with Gasteiger partial charge in [-0.25, -0.2) is 4.68 Å². The highest BCUT2D eigenvalue weighted by Gasteiger charge is 2.21. The molecule has 4 rings (SSSR count). The number of aromatic amines is 1. The fourth-order valence-electron chi connectivity index (χ4n) is 2.72.